The molecule has 1 heterocycles. The minimum atomic E-state index is -0.287. The molecule has 130 valence electrons. The standard InChI is InChI=1S/C17H22ClN3O2S/c1-3-9-23-15-6-5-12(18)10-14(15)21-17(22)19-8-7-13-11-24-16(4-2)20-13/h5-6,10-11H,3-4,7-9H2,1-2H3,(H2,19,21,22). The second kappa shape index (κ2) is 9.49. The molecule has 24 heavy (non-hydrogen) atoms. The summed E-state index contributed by atoms with van der Waals surface area (Å²) in [6.07, 6.45) is 2.54. The molecular formula is C17H22ClN3O2S. The zero-order chi connectivity index (χ0) is 17.4. The molecule has 0 radical (unpaired) electrons. The first-order valence-corrected chi connectivity index (χ1v) is 9.28. The van der Waals surface area contributed by atoms with Crippen molar-refractivity contribution in [1.82, 2.24) is 10.3 Å². The molecule has 2 amide bonds. The van der Waals surface area contributed by atoms with Crippen LogP contribution in [0.2, 0.25) is 5.02 Å². The molecule has 0 aliphatic carbocycles. The summed E-state index contributed by atoms with van der Waals surface area (Å²) < 4.78 is 5.62. The summed E-state index contributed by atoms with van der Waals surface area (Å²) in [5.74, 6) is 0.614. The van der Waals surface area contributed by atoms with Gasteiger partial charge in [-0.15, -0.1) is 11.3 Å². The van der Waals surface area contributed by atoms with Gasteiger partial charge < -0.3 is 15.4 Å². The number of hydrogen-bond acceptors (Lipinski definition) is 4. The van der Waals surface area contributed by atoms with E-state index in [2.05, 4.69) is 22.5 Å². The predicted molar refractivity (Wildman–Crippen MR) is 99.5 cm³/mol. The van der Waals surface area contributed by atoms with Crippen LogP contribution in [0.5, 0.6) is 5.75 Å². The molecule has 0 bridgehead atoms. The predicted octanol–water partition coefficient (Wildman–Crippen LogP) is 4.51. The lowest BCUT2D eigenvalue weighted by Gasteiger charge is -2.13. The number of ether oxygens (including phenoxy) is 1. The van der Waals surface area contributed by atoms with E-state index in [1.807, 2.05) is 12.3 Å². The van der Waals surface area contributed by atoms with Gasteiger partial charge >= 0.3 is 6.03 Å². The van der Waals surface area contributed by atoms with Gasteiger partial charge in [0.25, 0.3) is 0 Å². The van der Waals surface area contributed by atoms with Crippen molar-refractivity contribution in [2.24, 2.45) is 0 Å². The smallest absolute Gasteiger partial charge is 0.319 e. The first kappa shape index (κ1) is 18.5. The molecule has 0 saturated heterocycles. The minimum Gasteiger partial charge on any atom is -0.491 e. The monoisotopic (exact) mass is 367 g/mol. The van der Waals surface area contributed by atoms with Gasteiger partial charge in [-0.05, 0) is 31.0 Å². The van der Waals surface area contributed by atoms with Crippen molar-refractivity contribution < 1.29 is 9.53 Å². The number of carbonyl (C=O) groups is 1. The SMILES string of the molecule is CCCOc1ccc(Cl)cc1NC(=O)NCCc1csc(CC)n1. The molecule has 0 spiro atoms. The minimum absolute atomic E-state index is 0.287. The first-order valence-electron chi connectivity index (χ1n) is 8.02. The van der Waals surface area contributed by atoms with E-state index >= 15 is 0 Å². The molecule has 2 N–H and O–H groups in total. The highest BCUT2D eigenvalue weighted by Crippen LogP contribution is 2.28. The van der Waals surface area contributed by atoms with Gasteiger partial charge in [-0.3, -0.25) is 0 Å². The van der Waals surface area contributed by atoms with E-state index in [4.69, 9.17) is 16.3 Å². The van der Waals surface area contributed by atoms with E-state index in [-0.39, 0.29) is 6.03 Å². The van der Waals surface area contributed by atoms with Crippen molar-refractivity contribution in [3.05, 3.63) is 39.3 Å². The third-order valence-corrected chi connectivity index (χ3v) is 4.50. The van der Waals surface area contributed by atoms with Crippen LogP contribution in [0.4, 0.5) is 10.5 Å². The number of thiazole rings is 1. The Morgan fingerprint density at radius 3 is 2.92 bits per heavy atom. The van der Waals surface area contributed by atoms with Gasteiger partial charge in [0.05, 0.1) is 23.0 Å². The summed E-state index contributed by atoms with van der Waals surface area (Å²) in [7, 11) is 0. The molecule has 0 saturated carbocycles. The first-order chi connectivity index (χ1) is 11.6. The van der Waals surface area contributed by atoms with Crippen molar-refractivity contribution >= 4 is 34.7 Å². The summed E-state index contributed by atoms with van der Waals surface area (Å²) in [5, 5.41) is 9.31. The van der Waals surface area contributed by atoms with Crippen molar-refractivity contribution in [2.75, 3.05) is 18.5 Å². The fourth-order valence-corrected chi connectivity index (χ4v) is 2.99. The molecule has 0 atom stereocenters. The van der Waals surface area contributed by atoms with Gasteiger partial charge in [-0.1, -0.05) is 25.4 Å². The van der Waals surface area contributed by atoms with Gasteiger partial charge in [0.2, 0.25) is 0 Å². The number of aryl methyl sites for hydroxylation is 1. The van der Waals surface area contributed by atoms with Crippen LogP contribution in [0.3, 0.4) is 0 Å². The molecule has 2 rings (SSSR count). The van der Waals surface area contributed by atoms with E-state index in [1.54, 1.807) is 29.5 Å². The number of nitrogens with one attached hydrogen (secondary N) is 2. The normalized spacial score (nSPS) is 10.5. The van der Waals surface area contributed by atoms with Crippen LogP contribution in [0.1, 0.15) is 31.0 Å². The average Bonchev–Trinajstić information content (AvgIpc) is 3.02. The quantitative estimate of drug-likeness (QED) is 0.721. The summed E-state index contributed by atoms with van der Waals surface area (Å²) in [6, 6.07) is 4.89. The van der Waals surface area contributed by atoms with Gasteiger partial charge in [0.1, 0.15) is 5.75 Å². The van der Waals surface area contributed by atoms with Gasteiger partial charge in [0, 0.05) is 23.4 Å². The Hall–Kier alpha value is -1.79. The van der Waals surface area contributed by atoms with Crippen LogP contribution in [-0.2, 0) is 12.8 Å². The molecule has 5 nitrogen and oxygen atoms in total. The lowest BCUT2D eigenvalue weighted by molar-refractivity contribution is 0.252. The number of urea groups is 1. The van der Waals surface area contributed by atoms with Crippen molar-refractivity contribution in [3.63, 3.8) is 0 Å². The molecule has 0 aliphatic heterocycles. The number of nitrogens with zero attached hydrogens (tertiary/aromatic N) is 1. The Balaban J connectivity index is 1.86. The maximum absolute atomic E-state index is 12.1. The number of halogens is 1. The molecule has 0 aliphatic rings. The fraction of sp³-hybridized carbons (Fsp3) is 0.412. The van der Waals surface area contributed by atoms with E-state index in [0.717, 1.165) is 23.5 Å². The van der Waals surface area contributed by atoms with Gasteiger partial charge in [0.15, 0.2) is 0 Å². The third kappa shape index (κ3) is 5.69. The van der Waals surface area contributed by atoms with Gasteiger partial charge in [-0.2, -0.15) is 0 Å². The molecule has 7 heteroatoms. The third-order valence-electron chi connectivity index (χ3n) is 3.22. The highest BCUT2D eigenvalue weighted by molar-refractivity contribution is 7.09. The Morgan fingerprint density at radius 2 is 2.21 bits per heavy atom. The van der Waals surface area contributed by atoms with Crippen LogP contribution < -0.4 is 15.4 Å². The Morgan fingerprint density at radius 1 is 1.38 bits per heavy atom. The van der Waals surface area contributed by atoms with Crippen molar-refractivity contribution in [3.8, 4) is 5.75 Å². The maximum Gasteiger partial charge on any atom is 0.319 e. The average molecular weight is 368 g/mol. The van der Waals surface area contributed by atoms with Crippen LogP contribution >= 0.6 is 22.9 Å². The largest absolute Gasteiger partial charge is 0.491 e. The topological polar surface area (TPSA) is 63.2 Å². The molecule has 0 unspecified atom stereocenters. The van der Waals surface area contributed by atoms with Crippen LogP contribution in [0.15, 0.2) is 23.6 Å². The molecular weight excluding hydrogens is 346 g/mol. The second-order valence-corrected chi connectivity index (χ2v) is 6.59. The summed E-state index contributed by atoms with van der Waals surface area (Å²) >= 11 is 7.65. The summed E-state index contributed by atoms with van der Waals surface area (Å²) in [6.45, 7) is 5.21. The van der Waals surface area contributed by atoms with Crippen LogP contribution in [-0.4, -0.2) is 24.2 Å². The van der Waals surface area contributed by atoms with Crippen LogP contribution in [0, 0.1) is 0 Å². The lowest BCUT2D eigenvalue weighted by atomic mass is 10.3. The number of aromatic nitrogens is 1. The van der Waals surface area contributed by atoms with Crippen molar-refractivity contribution in [1.29, 1.82) is 0 Å². The summed E-state index contributed by atoms with van der Waals surface area (Å²) in [5.41, 5.74) is 1.57. The number of amides is 2. The van der Waals surface area contributed by atoms with E-state index in [1.165, 1.54) is 0 Å². The number of rotatable bonds is 8. The molecule has 1 aromatic heterocycles. The molecule has 2 aromatic rings. The molecule has 1 aromatic carbocycles. The zero-order valence-corrected chi connectivity index (χ0v) is 15.5. The molecule has 0 fully saturated rings. The lowest BCUT2D eigenvalue weighted by Crippen LogP contribution is -2.30. The number of carbonyl (C=O) groups excluding carboxylic acids is 1. The highest BCUT2D eigenvalue weighted by atomic mass is 35.5. The van der Waals surface area contributed by atoms with E-state index < -0.39 is 0 Å². The van der Waals surface area contributed by atoms with E-state index in [0.29, 0.717) is 36.0 Å². The van der Waals surface area contributed by atoms with E-state index in [9.17, 15) is 4.79 Å². The Labute approximate surface area is 151 Å². The number of anilines is 1. The second-order valence-electron chi connectivity index (χ2n) is 5.21. The number of benzene rings is 1. The zero-order valence-electron chi connectivity index (χ0n) is 13.9. The van der Waals surface area contributed by atoms with Crippen LogP contribution in [0.25, 0.3) is 0 Å². The Kier molecular flexibility index (Phi) is 7.34. The number of hydrogen-bond donors (Lipinski definition) is 2. The fourth-order valence-electron chi connectivity index (χ4n) is 2.03. The maximum atomic E-state index is 12.1. The summed E-state index contributed by atoms with van der Waals surface area (Å²) in [4.78, 5) is 16.5. The van der Waals surface area contributed by atoms with Crippen molar-refractivity contribution in [2.45, 2.75) is 33.1 Å². The van der Waals surface area contributed by atoms with Gasteiger partial charge in [-0.25, -0.2) is 9.78 Å². The highest BCUT2D eigenvalue weighted by Gasteiger charge is 2.09. The Bertz CT molecular complexity index is 676.